The Balaban J connectivity index is 2.96. The third-order valence-electron chi connectivity index (χ3n) is 1.74. The van der Waals surface area contributed by atoms with Crippen LogP contribution in [-0.2, 0) is 0 Å². The number of nitrogen functional groups attached to an aromatic ring is 1. The molecule has 3 N–H and O–H groups in total. The summed E-state index contributed by atoms with van der Waals surface area (Å²) in [5.74, 6) is -0.271. The van der Waals surface area contributed by atoms with Gasteiger partial charge < -0.3 is 10.5 Å². The van der Waals surface area contributed by atoms with Gasteiger partial charge in [-0.05, 0) is 18.6 Å². The Labute approximate surface area is 85.6 Å². The maximum absolute atomic E-state index is 11.9. The molecule has 0 saturated carbocycles. The molecule has 0 aromatic carbocycles. The van der Waals surface area contributed by atoms with Gasteiger partial charge in [0.1, 0.15) is 5.84 Å². The number of nitrogens with zero attached hydrogens (tertiary/aromatic N) is 1. The van der Waals surface area contributed by atoms with Crippen molar-refractivity contribution in [1.29, 1.82) is 5.41 Å². The SMILES string of the molecule is Cc1ccnc(OCC(F)F)c1C(=N)N. The van der Waals surface area contributed by atoms with Gasteiger partial charge in [0.25, 0.3) is 6.43 Å². The molecule has 0 radical (unpaired) electrons. The highest BCUT2D eigenvalue weighted by Crippen LogP contribution is 2.18. The van der Waals surface area contributed by atoms with Crippen molar-refractivity contribution in [3.63, 3.8) is 0 Å². The summed E-state index contributed by atoms with van der Waals surface area (Å²) in [6, 6.07) is 1.63. The van der Waals surface area contributed by atoms with Gasteiger partial charge in [-0.1, -0.05) is 0 Å². The molecule has 4 nitrogen and oxygen atoms in total. The van der Waals surface area contributed by atoms with Crippen molar-refractivity contribution in [1.82, 2.24) is 4.98 Å². The molecule has 0 saturated heterocycles. The van der Waals surface area contributed by atoms with E-state index in [9.17, 15) is 8.78 Å². The molecule has 0 atom stereocenters. The number of ether oxygens (including phenoxy) is 1. The third-order valence-corrected chi connectivity index (χ3v) is 1.74. The largest absolute Gasteiger partial charge is 0.471 e. The molecule has 0 amide bonds. The summed E-state index contributed by atoms with van der Waals surface area (Å²) in [4.78, 5) is 3.76. The number of pyridine rings is 1. The number of rotatable bonds is 4. The van der Waals surface area contributed by atoms with Gasteiger partial charge in [-0.25, -0.2) is 13.8 Å². The van der Waals surface area contributed by atoms with E-state index in [4.69, 9.17) is 15.9 Å². The summed E-state index contributed by atoms with van der Waals surface area (Å²) in [6.07, 6.45) is -1.16. The number of nitrogens with two attached hydrogens (primary N) is 1. The van der Waals surface area contributed by atoms with E-state index in [0.29, 0.717) is 5.56 Å². The number of aryl methyl sites for hydroxylation is 1. The normalized spacial score (nSPS) is 10.4. The zero-order valence-corrected chi connectivity index (χ0v) is 8.13. The molecule has 1 aromatic rings. The van der Waals surface area contributed by atoms with E-state index in [1.807, 2.05) is 0 Å². The van der Waals surface area contributed by atoms with E-state index in [1.54, 1.807) is 13.0 Å². The van der Waals surface area contributed by atoms with Crippen molar-refractivity contribution < 1.29 is 13.5 Å². The van der Waals surface area contributed by atoms with E-state index < -0.39 is 13.0 Å². The van der Waals surface area contributed by atoms with Crippen molar-refractivity contribution in [3.8, 4) is 5.88 Å². The molecule has 1 rings (SSSR count). The number of nitrogens with one attached hydrogen (secondary N) is 1. The molecule has 0 aliphatic heterocycles. The summed E-state index contributed by atoms with van der Waals surface area (Å²) in [6.45, 7) is 0.949. The van der Waals surface area contributed by atoms with Crippen LogP contribution in [0.25, 0.3) is 0 Å². The fourth-order valence-electron chi connectivity index (χ4n) is 1.11. The van der Waals surface area contributed by atoms with E-state index in [2.05, 4.69) is 4.98 Å². The maximum atomic E-state index is 11.9. The second kappa shape index (κ2) is 4.68. The van der Waals surface area contributed by atoms with Crippen molar-refractivity contribution >= 4 is 5.84 Å². The van der Waals surface area contributed by atoms with Crippen LogP contribution in [0, 0.1) is 12.3 Å². The number of hydrogen-bond acceptors (Lipinski definition) is 3. The van der Waals surface area contributed by atoms with Crippen LogP contribution >= 0.6 is 0 Å². The molecule has 0 bridgehead atoms. The van der Waals surface area contributed by atoms with E-state index in [1.165, 1.54) is 6.20 Å². The maximum Gasteiger partial charge on any atom is 0.272 e. The summed E-state index contributed by atoms with van der Waals surface area (Å²) in [5, 5.41) is 7.27. The number of amidine groups is 1. The average molecular weight is 215 g/mol. The zero-order chi connectivity index (χ0) is 11.4. The molecule has 0 spiro atoms. The zero-order valence-electron chi connectivity index (χ0n) is 8.13. The number of aromatic nitrogens is 1. The van der Waals surface area contributed by atoms with Crippen LogP contribution in [0.15, 0.2) is 12.3 Å². The molecule has 0 aliphatic rings. The lowest BCUT2D eigenvalue weighted by Gasteiger charge is -2.10. The van der Waals surface area contributed by atoms with Gasteiger partial charge in [-0.3, -0.25) is 5.41 Å². The van der Waals surface area contributed by atoms with Crippen LogP contribution in [0.3, 0.4) is 0 Å². The predicted molar refractivity (Wildman–Crippen MR) is 51.5 cm³/mol. The Kier molecular flexibility index (Phi) is 3.54. The summed E-state index contributed by atoms with van der Waals surface area (Å²) in [5.41, 5.74) is 6.23. The molecule has 82 valence electrons. The van der Waals surface area contributed by atoms with Crippen LogP contribution in [-0.4, -0.2) is 23.9 Å². The summed E-state index contributed by atoms with van der Waals surface area (Å²) < 4.78 is 28.6. The summed E-state index contributed by atoms with van der Waals surface area (Å²) >= 11 is 0. The van der Waals surface area contributed by atoms with Crippen molar-refractivity contribution in [2.75, 3.05) is 6.61 Å². The lowest BCUT2D eigenvalue weighted by Crippen LogP contribution is -2.17. The highest BCUT2D eigenvalue weighted by Gasteiger charge is 2.13. The van der Waals surface area contributed by atoms with Crippen molar-refractivity contribution in [2.45, 2.75) is 13.3 Å². The molecule has 0 fully saturated rings. The first-order valence-corrected chi connectivity index (χ1v) is 4.23. The topological polar surface area (TPSA) is 72.0 Å². The standard InChI is InChI=1S/C9H11F2N3O/c1-5-2-3-14-9(7(5)8(12)13)15-4-6(10)11/h2-3,6H,4H2,1H3,(H3,12,13). The van der Waals surface area contributed by atoms with Gasteiger partial charge in [-0.15, -0.1) is 0 Å². The lowest BCUT2D eigenvalue weighted by molar-refractivity contribution is 0.0794. The number of hydrogen-bond donors (Lipinski definition) is 2. The molecular weight excluding hydrogens is 204 g/mol. The Morgan fingerprint density at radius 1 is 1.67 bits per heavy atom. The van der Waals surface area contributed by atoms with Gasteiger partial charge in [0.05, 0.1) is 5.56 Å². The lowest BCUT2D eigenvalue weighted by atomic mass is 10.1. The third kappa shape index (κ3) is 2.87. The van der Waals surface area contributed by atoms with Gasteiger partial charge in [0.15, 0.2) is 6.61 Å². The second-order valence-electron chi connectivity index (χ2n) is 2.92. The molecule has 6 heteroatoms. The predicted octanol–water partition coefficient (Wildman–Crippen LogP) is 1.32. The van der Waals surface area contributed by atoms with E-state index >= 15 is 0 Å². The molecule has 1 aromatic heterocycles. The second-order valence-corrected chi connectivity index (χ2v) is 2.92. The molecule has 15 heavy (non-hydrogen) atoms. The van der Waals surface area contributed by atoms with Crippen molar-refractivity contribution in [2.24, 2.45) is 5.73 Å². The van der Waals surface area contributed by atoms with Crippen molar-refractivity contribution in [3.05, 3.63) is 23.4 Å². The van der Waals surface area contributed by atoms with Crippen LogP contribution in [0.5, 0.6) is 5.88 Å². The Hall–Kier alpha value is -1.72. The smallest absolute Gasteiger partial charge is 0.272 e. The Morgan fingerprint density at radius 2 is 2.33 bits per heavy atom. The van der Waals surface area contributed by atoms with Crippen LogP contribution in [0.2, 0.25) is 0 Å². The first kappa shape index (κ1) is 11.4. The monoisotopic (exact) mass is 215 g/mol. The van der Waals surface area contributed by atoms with Gasteiger partial charge in [0, 0.05) is 6.20 Å². The van der Waals surface area contributed by atoms with Crippen LogP contribution < -0.4 is 10.5 Å². The molecule has 0 unspecified atom stereocenters. The van der Waals surface area contributed by atoms with Crippen LogP contribution in [0.4, 0.5) is 8.78 Å². The van der Waals surface area contributed by atoms with Gasteiger partial charge >= 0.3 is 0 Å². The Bertz CT molecular complexity index is 368. The number of halogens is 2. The van der Waals surface area contributed by atoms with E-state index in [0.717, 1.165) is 0 Å². The van der Waals surface area contributed by atoms with Gasteiger partial charge in [0.2, 0.25) is 5.88 Å². The quantitative estimate of drug-likeness (QED) is 0.587. The highest BCUT2D eigenvalue weighted by molar-refractivity contribution is 5.98. The highest BCUT2D eigenvalue weighted by atomic mass is 19.3. The first-order chi connectivity index (χ1) is 7.02. The van der Waals surface area contributed by atoms with Crippen LogP contribution in [0.1, 0.15) is 11.1 Å². The minimum atomic E-state index is -2.58. The first-order valence-electron chi connectivity index (χ1n) is 4.23. The van der Waals surface area contributed by atoms with Gasteiger partial charge in [-0.2, -0.15) is 0 Å². The fraction of sp³-hybridized carbons (Fsp3) is 0.333. The fourth-order valence-corrected chi connectivity index (χ4v) is 1.11. The van der Waals surface area contributed by atoms with E-state index in [-0.39, 0.29) is 17.3 Å². The minimum absolute atomic E-state index is 0.0252. The summed E-state index contributed by atoms with van der Waals surface area (Å²) in [7, 11) is 0. The molecular formula is C9H11F2N3O. The molecule has 1 heterocycles. The Morgan fingerprint density at radius 3 is 2.87 bits per heavy atom. The number of alkyl halides is 2. The average Bonchev–Trinajstić information content (AvgIpc) is 2.13. The minimum Gasteiger partial charge on any atom is -0.471 e. The molecule has 0 aliphatic carbocycles.